The minimum Gasteiger partial charge on any atom is -0.329 e. The van der Waals surface area contributed by atoms with E-state index in [9.17, 15) is 22.2 Å². The van der Waals surface area contributed by atoms with Crippen LogP contribution in [0, 0.1) is 0 Å². The van der Waals surface area contributed by atoms with Gasteiger partial charge in [-0.05, 0) is 29.8 Å². The Labute approximate surface area is 157 Å². The average Bonchev–Trinajstić information content (AvgIpc) is 3.12. The molecule has 3 rings (SSSR count). The lowest BCUT2D eigenvalue weighted by Crippen LogP contribution is -2.06. The Kier molecular flexibility index (Phi) is 5.27. The predicted molar refractivity (Wildman–Crippen MR) is 91.9 cm³/mol. The van der Waals surface area contributed by atoms with Crippen molar-refractivity contribution in [2.75, 3.05) is 6.26 Å². The largest absolute Gasteiger partial charge is 0.471 e. The lowest BCUT2D eigenvalue weighted by molar-refractivity contribution is -0.159. The highest BCUT2D eigenvalue weighted by molar-refractivity contribution is 7.93. The van der Waals surface area contributed by atoms with Gasteiger partial charge < -0.3 is 4.52 Å². The number of carbonyl (C=O) groups excluding carboxylic acids is 1. The lowest BCUT2D eigenvalue weighted by atomic mass is 10.1. The van der Waals surface area contributed by atoms with E-state index in [-0.39, 0.29) is 22.8 Å². The van der Waals surface area contributed by atoms with Crippen LogP contribution in [0.2, 0.25) is 0 Å². The molecule has 0 aliphatic heterocycles. The molecule has 3 aromatic rings. The fourth-order valence-corrected chi connectivity index (χ4v) is 3.32. The molecule has 0 aliphatic rings. The molecule has 0 bridgehead atoms. The van der Waals surface area contributed by atoms with Gasteiger partial charge in [0.15, 0.2) is 5.82 Å². The predicted octanol–water partition coefficient (Wildman–Crippen LogP) is 3.37. The molecule has 0 fully saturated rings. The van der Waals surface area contributed by atoms with Crippen molar-refractivity contribution in [2.24, 2.45) is 4.36 Å². The first kappa shape index (κ1) is 19.7. The van der Waals surface area contributed by atoms with Gasteiger partial charge in [-0.1, -0.05) is 23.4 Å². The summed E-state index contributed by atoms with van der Waals surface area (Å²) in [7, 11) is -3.00. The highest BCUT2D eigenvalue weighted by Crippen LogP contribution is 2.27. The molecular formula is C17H13F3N4O3S. The van der Waals surface area contributed by atoms with E-state index in [4.69, 9.17) is 0 Å². The Morgan fingerprint density at radius 3 is 2.46 bits per heavy atom. The molecule has 1 atom stereocenters. The molecule has 7 nitrogen and oxygen atoms in total. The first-order valence-electron chi connectivity index (χ1n) is 7.81. The summed E-state index contributed by atoms with van der Waals surface area (Å²) in [6.45, 7) is 0. The van der Waals surface area contributed by atoms with E-state index in [1.54, 1.807) is 12.1 Å². The van der Waals surface area contributed by atoms with Crippen molar-refractivity contribution in [2.45, 2.75) is 17.6 Å². The Morgan fingerprint density at radius 2 is 1.89 bits per heavy atom. The summed E-state index contributed by atoms with van der Waals surface area (Å²) in [6.07, 6.45) is -1.95. The minimum absolute atomic E-state index is 0.0103. The van der Waals surface area contributed by atoms with Crippen LogP contribution in [-0.2, 0) is 22.3 Å². The number of halogens is 3. The molecular weight excluding hydrogens is 397 g/mol. The molecule has 0 aliphatic carbocycles. The van der Waals surface area contributed by atoms with E-state index < -0.39 is 27.7 Å². The molecule has 0 N–H and O–H groups in total. The van der Waals surface area contributed by atoms with Crippen LogP contribution in [-0.4, -0.2) is 31.5 Å². The molecule has 0 saturated carbocycles. The quantitative estimate of drug-likeness (QED) is 0.654. The average molecular weight is 410 g/mol. The molecule has 2 aromatic heterocycles. The highest BCUT2D eigenvalue weighted by atomic mass is 32.2. The zero-order valence-electron chi connectivity index (χ0n) is 14.4. The zero-order valence-corrected chi connectivity index (χ0v) is 15.2. The van der Waals surface area contributed by atoms with E-state index >= 15 is 0 Å². The highest BCUT2D eigenvalue weighted by Gasteiger charge is 2.38. The molecule has 146 valence electrons. The van der Waals surface area contributed by atoms with Crippen molar-refractivity contribution in [3.63, 3.8) is 0 Å². The molecule has 11 heteroatoms. The van der Waals surface area contributed by atoms with Crippen LogP contribution >= 0.6 is 0 Å². The third kappa shape index (κ3) is 4.60. The summed E-state index contributed by atoms with van der Waals surface area (Å²) >= 11 is 0. The van der Waals surface area contributed by atoms with Crippen molar-refractivity contribution in [1.82, 2.24) is 15.1 Å². The Bertz CT molecular complexity index is 1100. The summed E-state index contributed by atoms with van der Waals surface area (Å²) in [4.78, 5) is 19.5. The molecule has 0 radical (unpaired) electrons. The van der Waals surface area contributed by atoms with Crippen molar-refractivity contribution >= 4 is 15.6 Å². The number of nitrogens with zero attached hydrogens (tertiary/aromatic N) is 4. The lowest BCUT2D eigenvalue weighted by Gasteiger charge is -2.03. The van der Waals surface area contributed by atoms with Crippen LogP contribution in [0.15, 0.2) is 62.6 Å². The van der Waals surface area contributed by atoms with Crippen LogP contribution < -0.4 is 0 Å². The van der Waals surface area contributed by atoms with E-state index in [0.29, 0.717) is 5.56 Å². The molecule has 1 unspecified atom stereocenters. The van der Waals surface area contributed by atoms with Gasteiger partial charge in [0.1, 0.15) is 5.03 Å². The van der Waals surface area contributed by atoms with Crippen LogP contribution in [0.3, 0.4) is 0 Å². The maximum atomic E-state index is 12.6. The maximum absolute atomic E-state index is 12.6. The van der Waals surface area contributed by atoms with Gasteiger partial charge in [0.05, 0.1) is 9.73 Å². The van der Waals surface area contributed by atoms with Gasteiger partial charge in [-0.15, -0.1) is 0 Å². The van der Waals surface area contributed by atoms with Gasteiger partial charge in [0.25, 0.3) is 5.91 Å². The topological polar surface area (TPSA) is 98.3 Å². The number of alkyl halides is 3. The van der Waals surface area contributed by atoms with Crippen molar-refractivity contribution < 1.29 is 26.7 Å². The normalized spacial score (nSPS) is 13.7. The number of benzene rings is 1. The van der Waals surface area contributed by atoms with Crippen molar-refractivity contribution in [3.05, 3.63) is 71.5 Å². The van der Waals surface area contributed by atoms with Crippen molar-refractivity contribution in [3.8, 4) is 0 Å². The summed E-state index contributed by atoms with van der Waals surface area (Å²) in [5, 5.41) is 3.47. The molecule has 1 aromatic carbocycles. The molecule has 1 amide bonds. The molecule has 28 heavy (non-hydrogen) atoms. The monoisotopic (exact) mass is 410 g/mol. The molecule has 0 spiro atoms. The minimum atomic E-state index is -4.70. The maximum Gasteiger partial charge on any atom is 0.471 e. The summed E-state index contributed by atoms with van der Waals surface area (Å²) in [6, 6.07) is 10.7. The first-order valence-corrected chi connectivity index (χ1v) is 9.74. The van der Waals surface area contributed by atoms with Gasteiger partial charge >= 0.3 is 12.1 Å². The zero-order chi connectivity index (χ0) is 20.4. The third-order valence-electron chi connectivity index (χ3n) is 3.56. The number of carbonyl (C=O) groups is 1. The Hall–Kier alpha value is -3.08. The van der Waals surface area contributed by atoms with Gasteiger partial charge in [-0.2, -0.15) is 22.5 Å². The second-order valence-corrected chi connectivity index (χ2v) is 7.96. The Morgan fingerprint density at radius 1 is 1.18 bits per heavy atom. The van der Waals surface area contributed by atoms with Gasteiger partial charge in [-0.25, -0.2) is 9.19 Å². The molecule has 2 heterocycles. The van der Waals surface area contributed by atoms with E-state index in [1.165, 1.54) is 42.8 Å². The van der Waals surface area contributed by atoms with Crippen LogP contribution in [0.25, 0.3) is 0 Å². The number of rotatable bonds is 4. The van der Waals surface area contributed by atoms with Crippen LogP contribution in [0.5, 0.6) is 0 Å². The number of hydrogen-bond donors (Lipinski definition) is 0. The van der Waals surface area contributed by atoms with Crippen molar-refractivity contribution in [1.29, 1.82) is 0 Å². The third-order valence-corrected chi connectivity index (χ3v) is 5.09. The Balaban J connectivity index is 1.75. The number of aromatic nitrogens is 3. The SMILES string of the molecule is CS(=O)(=NC(=O)c1ccc(Cc2noc(C(F)(F)F)n2)cc1)c1ccccn1. The van der Waals surface area contributed by atoms with Gasteiger partial charge in [0, 0.05) is 24.4 Å². The van der Waals surface area contributed by atoms with Crippen LogP contribution in [0.4, 0.5) is 13.2 Å². The summed E-state index contributed by atoms with van der Waals surface area (Å²) < 4.78 is 57.9. The number of hydrogen-bond acceptors (Lipinski definition) is 6. The van der Waals surface area contributed by atoms with E-state index in [1.807, 2.05) is 0 Å². The van der Waals surface area contributed by atoms with Crippen LogP contribution in [0.1, 0.15) is 27.6 Å². The van der Waals surface area contributed by atoms with Gasteiger partial charge in [-0.3, -0.25) is 4.79 Å². The van der Waals surface area contributed by atoms with E-state index in [2.05, 4.69) is 24.0 Å². The van der Waals surface area contributed by atoms with Gasteiger partial charge in [0.2, 0.25) is 0 Å². The fraction of sp³-hybridized carbons (Fsp3) is 0.176. The molecule has 0 saturated heterocycles. The number of pyridine rings is 1. The first-order chi connectivity index (χ1) is 13.1. The smallest absolute Gasteiger partial charge is 0.329 e. The number of amides is 1. The second-order valence-electron chi connectivity index (χ2n) is 5.75. The summed E-state index contributed by atoms with van der Waals surface area (Å²) in [5.41, 5.74) is 0.742. The standard InChI is InChI=1S/C17H13F3N4O3S/c1-28(26,14-4-2-3-9-21-14)24-15(25)12-7-5-11(6-8-12)10-13-22-16(27-23-13)17(18,19)20/h2-9H,10H2,1H3. The van der Waals surface area contributed by atoms with E-state index in [0.717, 1.165) is 0 Å². The fourth-order valence-electron chi connectivity index (χ4n) is 2.22. The summed E-state index contributed by atoms with van der Waals surface area (Å²) in [5.74, 6) is -2.24. The second kappa shape index (κ2) is 7.50.